The van der Waals surface area contributed by atoms with E-state index in [1.807, 2.05) is 12.1 Å². The summed E-state index contributed by atoms with van der Waals surface area (Å²) in [4.78, 5) is 23.3. The fourth-order valence-corrected chi connectivity index (χ4v) is 2.96. The number of hydrogen-bond donors (Lipinski definition) is 1. The van der Waals surface area contributed by atoms with Gasteiger partial charge in [-0.15, -0.1) is 0 Å². The van der Waals surface area contributed by atoms with Gasteiger partial charge in [0.1, 0.15) is 12.1 Å². The summed E-state index contributed by atoms with van der Waals surface area (Å²) in [6.45, 7) is 7.39. The highest BCUT2D eigenvalue weighted by Crippen LogP contribution is 2.32. The van der Waals surface area contributed by atoms with Crippen molar-refractivity contribution < 1.29 is 14.6 Å². The molecule has 0 fully saturated rings. The van der Waals surface area contributed by atoms with E-state index in [9.17, 15) is 9.90 Å². The zero-order chi connectivity index (χ0) is 17.8. The number of ether oxygens (including phenoxy) is 1. The van der Waals surface area contributed by atoms with Gasteiger partial charge in [-0.25, -0.2) is 14.8 Å². The molecule has 1 aromatic heterocycles. The smallest absolute Gasteiger partial charge is 0.411 e. The number of aromatic nitrogens is 2. The number of carbonyl (C=O) groups is 1. The molecule has 7 nitrogen and oxygen atoms in total. The number of carboxylic acid groups (broad SMARTS) is 1. The van der Waals surface area contributed by atoms with E-state index in [0.29, 0.717) is 24.6 Å². The third-order valence-corrected chi connectivity index (χ3v) is 4.38. The van der Waals surface area contributed by atoms with Gasteiger partial charge in [0.2, 0.25) is 5.88 Å². The minimum atomic E-state index is -0.927. The predicted molar refractivity (Wildman–Crippen MR) is 94.2 cm³/mol. The molecule has 3 rings (SSSR count). The van der Waals surface area contributed by atoms with Crippen LogP contribution in [0.2, 0.25) is 0 Å². The molecule has 1 aliphatic rings. The van der Waals surface area contributed by atoms with Crippen LogP contribution in [0.3, 0.4) is 0 Å². The quantitative estimate of drug-likeness (QED) is 0.869. The summed E-state index contributed by atoms with van der Waals surface area (Å²) in [6, 6.07) is 7.27. The Morgan fingerprint density at radius 2 is 2.08 bits per heavy atom. The number of anilines is 1. The van der Waals surface area contributed by atoms with E-state index in [1.54, 1.807) is 12.1 Å². The van der Waals surface area contributed by atoms with Gasteiger partial charge in [-0.1, -0.05) is 13.8 Å². The molecule has 7 heteroatoms. The predicted octanol–water partition coefficient (Wildman–Crippen LogP) is 3.15. The number of fused-ring (bicyclic) bond motifs is 1. The van der Waals surface area contributed by atoms with E-state index in [2.05, 4.69) is 28.7 Å². The highest BCUT2D eigenvalue weighted by atomic mass is 16.5. The zero-order valence-corrected chi connectivity index (χ0v) is 14.5. The lowest BCUT2D eigenvalue weighted by atomic mass is 10.1. The molecule has 1 aliphatic heterocycles. The minimum absolute atomic E-state index is 0.482. The van der Waals surface area contributed by atoms with Gasteiger partial charge in [-0.2, -0.15) is 0 Å². The van der Waals surface area contributed by atoms with Gasteiger partial charge >= 0.3 is 6.09 Å². The van der Waals surface area contributed by atoms with Gasteiger partial charge in [0, 0.05) is 19.2 Å². The highest BCUT2D eigenvalue weighted by Gasteiger charge is 2.24. The van der Waals surface area contributed by atoms with E-state index >= 15 is 0 Å². The van der Waals surface area contributed by atoms with Gasteiger partial charge in [0.05, 0.1) is 11.4 Å². The Bertz CT molecular complexity index is 762. The largest absolute Gasteiger partial charge is 0.465 e. The van der Waals surface area contributed by atoms with Crippen LogP contribution in [0.1, 0.15) is 25.1 Å². The van der Waals surface area contributed by atoms with Gasteiger partial charge < -0.3 is 9.84 Å². The van der Waals surface area contributed by atoms with Crippen LogP contribution < -0.4 is 9.64 Å². The molecule has 0 unspecified atom stereocenters. The van der Waals surface area contributed by atoms with Crippen molar-refractivity contribution in [3.8, 4) is 11.6 Å². The highest BCUT2D eigenvalue weighted by molar-refractivity contribution is 5.89. The Morgan fingerprint density at radius 3 is 2.80 bits per heavy atom. The molecule has 132 valence electrons. The van der Waals surface area contributed by atoms with Gasteiger partial charge in [0.25, 0.3) is 0 Å². The monoisotopic (exact) mass is 342 g/mol. The van der Waals surface area contributed by atoms with Crippen molar-refractivity contribution in [2.24, 2.45) is 0 Å². The second-order valence-electron chi connectivity index (χ2n) is 5.89. The topological polar surface area (TPSA) is 78.8 Å². The van der Waals surface area contributed by atoms with E-state index < -0.39 is 6.09 Å². The molecule has 0 saturated carbocycles. The minimum Gasteiger partial charge on any atom is -0.465 e. The molecule has 0 radical (unpaired) electrons. The Hall–Kier alpha value is -2.67. The van der Waals surface area contributed by atoms with Crippen LogP contribution in [0.4, 0.5) is 10.5 Å². The SMILES string of the molecule is CCN(CC)Cc1cc(Oc2ccc3c(c2)CCN3C(=O)O)ncn1. The maximum absolute atomic E-state index is 11.2. The van der Waals surface area contributed by atoms with Crippen molar-refractivity contribution in [3.63, 3.8) is 0 Å². The van der Waals surface area contributed by atoms with Gasteiger partial charge in [-0.05, 0) is 43.3 Å². The molecule has 0 spiro atoms. The summed E-state index contributed by atoms with van der Waals surface area (Å²) < 4.78 is 5.85. The van der Waals surface area contributed by atoms with E-state index in [0.717, 1.165) is 36.6 Å². The number of hydrogen-bond acceptors (Lipinski definition) is 5. The van der Waals surface area contributed by atoms with Crippen LogP contribution in [0.15, 0.2) is 30.6 Å². The molecule has 0 atom stereocenters. The molecule has 1 N–H and O–H groups in total. The Morgan fingerprint density at radius 1 is 1.28 bits per heavy atom. The molecule has 2 heterocycles. The number of benzene rings is 1. The summed E-state index contributed by atoms with van der Waals surface area (Å²) in [5.41, 5.74) is 2.61. The van der Waals surface area contributed by atoms with E-state index in [-0.39, 0.29) is 0 Å². The molecular formula is C18H22N4O3. The third kappa shape index (κ3) is 3.88. The maximum atomic E-state index is 11.2. The molecular weight excluding hydrogens is 320 g/mol. The molecule has 0 saturated heterocycles. The summed E-state index contributed by atoms with van der Waals surface area (Å²) >= 11 is 0. The van der Waals surface area contributed by atoms with Crippen LogP contribution in [-0.2, 0) is 13.0 Å². The first kappa shape index (κ1) is 17.2. The zero-order valence-electron chi connectivity index (χ0n) is 14.5. The fraction of sp³-hybridized carbons (Fsp3) is 0.389. The van der Waals surface area contributed by atoms with Crippen LogP contribution in [-0.4, -0.2) is 45.7 Å². The van der Waals surface area contributed by atoms with Crippen LogP contribution in [0.25, 0.3) is 0 Å². The Balaban J connectivity index is 1.74. The lowest BCUT2D eigenvalue weighted by Crippen LogP contribution is -2.26. The van der Waals surface area contributed by atoms with Gasteiger partial charge in [0.15, 0.2) is 0 Å². The summed E-state index contributed by atoms with van der Waals surface area (Å²) in [6.07, 6.45) is 1.27. The maximum Gasteiger partial charge on any atom is 0.411 e. The molecule has 2 aromatic rings. The Labute approximate surface area is 146 Å². The van der Waals surface area contributed by atoms with Crippen molar-refractivity contribution in [2.45, 2.75) is 26.8 Å². The number of amides is 1. The van der Waals surface area contributed by atoms with Crippen molar-refractivity contribution in [3.05, 3.63) is 41.9 Å². The normalized spacial score (nSPS) is 13.2. The molecule has 25 heavy (non-hydrogen) atoms. The Kier molecular flexibility index (Phi) is 5.14. The number of rotatable bonds is 6. The van der Waals surface area contributed by atoms with E-state index in [4.69, 9.17) is 4.74 Å². The molecule has 1 amide bonds. The summed E-state index contributed by atoms with van der Waals surface area (Å²) in [5, 5.41) is 9.18. The van der Waals surface area contributed by atoms with Gasteiger partial charge in [-0.3, -0.25) is 9.80 Å². The third-order valence-electron chi connectivity index (χ3n) is 4.38. The average molecular weight is 342 g/mol. The van der Waals surface area contributed by atoms with Crippen LogP contribution >= 0.6 is 0 Å². The lowest BCUT2D eigenvalue weighted by Gasteiger charge is -2.17. The fourth-order valence-electron chi connectivity index (χ4n) is 2.96. The van der Waals surface area contributed by atoms with Crippen molar-refractivity contribution in [1.82, 2.24) is 14.9 Å². The number of nitrogens with zero attached hydrogens (tertiary/aromatic N) is 4. The average Bonchev–Trinajstić information content (AvgIpc) is 3.03. The lowest BCUT2D eigenvalue weighted by molar-refractivity contribution is 0.202. The molecule has 0 aliphatic carbocycles. The van der Waals surface area contributed by atoms with Crippen molar-refractivity contribution in [2.75, 3.05) is 24.5 Å². The van der Waals surface area contributed by atoms with Crippen LogP contribution in [0.5, 0.6) is 11.6 Å². The second kappa shape index (κ2) is 7.48. The standard InChI is InChI=1S/C18H22N4O3/c1-3-21(4-2)11-14-10-17(20-12-19-14)25-15-5-6-16-13(9-15)7-8-22(16)18(23)24/h5-6,9-10,12H,3-4,7-8,11H2,1-2H3,(H,23,24). The first-order valence-corrected chi connectivity index (χ1v) is 8.45. The molecule has 1 aromatic carbocycles. The first-order valence-electron chi connectivity index (χ1n) is 8.45. The summed E-state index contributed by atoms with van der Waals surface area (Å²) in [7, 11) is 0. The van der Waals surface area contributed by atoms with Crippen molar-refractivity contribution >= 4 is 11.8 Å². The summed E-state index contributed by atoms with van der Waals surface area (Å²) in [5.74, 6) is 1.14. The van der Waals surface area contributed by atoms with Crippen LogP contribution in [0, 0.1) is 0 Å². The van der Waals surface area contributed by atoms with E-state index in [1.165, 1.54) is 11.2 Å². The first-order chi connectivity index (χ1) is 12.1. The second-order valence-corrected chi connectivity index (χ2v) is 5.89. The molecule has 0 bridgehead atoms. The van der Waals surface area contributed by atoms with Crippen molar-refractivity contribution in [1.29, 1.82) is 0 Å².